The largest absolute Gasteiger partial charge is 0.385 e. The Morgan fingerprint density at radius 1 is 1.47 bits per heavy atom. The SMILES string of the molecule is Nc1ccnc(=O)n1CN1CCOCC1. The minimum atomic E-state index is -0.304. The highest BCUT2D eigenvalue weighted by molar-refractivity contribution is 5.25. The maximum Gasteiger partial charge on any atom is 0.350 e. The predicted octanol–water partition coefficient (Wildman–Crippen LogP) is -0.885. The molecule has 1 aliphatic heterocycles. The van der Waals surface area contributed by atoms with E-state index in [1.165, 1.54) is 10.8 Å². The van der Waals surface area contributed by atoms with Crippen molar-refractivity contribution in [1.82, 2.24) is 14.5 Å². The van der Waals surface area contributed by atoms with Gasteiger partial charge in [0.05, 0.1) is 19.9 Å². The molecule has 0 radical (unpaired) electrons. The molecule has 6 heteroatoms. The molecular formula is C9H14N4O2. The number of nitrogens with zero attached hydrogens (tertiary/aromatic N) is 3. The number of hydrogen-bond donors (Lipinski definition) is 1. The van der Waals surface area contributed by atoms with Gasteiger partial charge in [0.15, 0.2) is 0 Å². The Kier molecular flexibility index (Phi) is 2.98. The lowest BCUT2D eigenvalue weighted by atomic mass is 10.4. The first-order chi connectivity index (χ1) is 7.27. The first-order valence-electron chi connectivity index (χ1n) is 4.89. The van der Waals surface area contributed by atoms with Crippen LogP contribution in [0.25, 0.3) is 0 Å². The van der Waals surface area contributed by atoms with Gasteiger partial charge in [-0.3, -0.25) is 9.47 Å². The van der Waals surface area contributed by atoms with Crippen molar-refractivity contribution in [1.29, 1.82) is 0 Å². The predicted molar refractivity (Wildman–Crippen MR) is 55.3 cm³/mol. The van der Waals surface area contributed by atoms with Gasteiger partial charge in [0.25, 0.3) is 0 Å². The molecule has 15 heavy (non-hydrogen) atoms. The molecule has 0 aliphatic carbocycles. The number of hydrogen-bond acceptors (Lipinski definition) is 5. The van der Waals surface area contributed by atoms with Gasteiger partial charge in [0, 0.05) is 19.3 Å². The Labute approximate surface area is 87.3 Å². The molecular weight excluding hydrogens is 196 g/mol. The van der Waals surface area contributed by atoms with Gasteiger partial charge in [0.1, 0.15) is 5.82 Å². The van der Waals surface area contributed by atoms with Crippen LogP contribution in [0.1, 0.15) is 0 Å². The molecule has 1 aromatic rings. The lowest BCUT2D eigenvalue weighted by Gasteiger charge is -2.27. The van der Waals surface area contributed by atoms with Crippen LogP contribution in [0.2, 0.25) is 0 Å². The zero-order chi connectivity index (χ0) is 10.7. The summed E-state index contributed by atoms with van der Waals surface area (Å²) in [6.45, 7) is 3.53. The summed E-state index contributed by atoms with van der Waals surface area (Å²) in [5.74, 6) is 0.446. The van der Waals surface area contributed by atoms with Crippen molar-refractivity contribution in [2.45, 2.75) is 6.67 Å². The van der Waals surface area contributed by atoms with E-state index in [2.05, 4.69) is 9.88 Å². The summed E-state index contributed by atoms with van der Waals surface area (Å²) in [5.41, 5.74) is 5.40. The van der Waals surface area contributed by atoms with Crippen LogP contribution >= 0.6 is 0 Å². The fourth-order valence-corrected chi connectivity index (χ4v) is 1.53. The number of rotatable bonds is 2. The van der Waals surface area contributed by atoms with Crippen molar-refractivity contribution in [3.8, 4) is 0 Å². The van der Waals surface area contributed by atoms with Crippen LogP contribution in [-0.2, 0) is 11.4 Å². The van der Waals surface area contributed by atoms with Gasteiger partial charge in [-0.25, -0.2) is 9.78 Å². The second-order valence-corrected chi connectivity index (χ2v) is 3.45. The monoisotopic (exact) mass is 210 g/mol. The first-order valence-corrected chi connectivity index (χ1v) is 4.89. The fourth-order valence-electron chi connectivity index (χ4n) is 1.53. The number of aromatic nitrogens is 2. The van der Waals surface area contributed by atoms with E-state index in [4.69, 9.17) is 10.5 Å². The summed E-state index contributed by atoms with van der Waals surface area (Å²) < 4.78 is 6.69. The Morgan fingerprint density at radius 2 is 2.20 bits per heavy atom. The molecule has 0 bridgehead atoms. The van der Waals surface area contributed by atoms with E-state index in [1.807, 2.05) is 0 Å². The molecule has 1 saturated heterocycles. The molecule has 1 aliphatic rings. The Hall–Kier alpha value is -1.40. The molecule has 2 heterocycles. The van der Waals surface area contributed by atoms with Crippen molar-refractivity contribution >= 4 is 5.82 Å². The van der Waals surface area contributed by atoms with Crippen LogP contribution in [0.4, 0.5) is 5.82 Å². The highest BCUT2D eigenvalue weighted by atomic mass is 16.5. The van der Waals surface area contributed by atoms with E-state index in [0.29, 0.717) is 25.7 Å². The quantitative estimate of drug-likeness (QED) is 0.686. The minimum Gasteiger partial charge on any atom is -0.385 e. The Balaban J connectivity index is 2.12. The normalized spacial score (nSPS) is 17.9. The molecule has 82 valence electrons. The zero-order valence-corrected chi connectivity index (χ0v) is 8.43. The average Bonchev–Trinajstić information content (AvgIpc) is 2.25. The number of morpholine rings is 1. The Bertz CT molecular complexity index is 384. The summed E-state index contributed by atoms with van der Waals surface area (Å²) in [4.78, 5) is 17.2. The van der Waals surface area contributed by atoms with Gasteiger partial charge in [-0.2, -0.15) is 0 Å². The van der Waals surface area contributed by atoms with E-state index in [1.54, 1.807) is 6.07 Å². The zero-order valence-electron chi connectivity index (χ0n) is 8.43. The lowest BCUT2D eigenvalue weighted by molar-refractivity contribution is 0.0230. The van der Waals surface area contributed by atoms with Crippen molar-refractivity contribution in [3.05, 3.63) is 22.7 Å². The lowest BCUT2D eigenvalue weighted by Crippen LogP contribution is -2.41. The molecule has 0 aromatic carbocycles. The fraction of sp³-hybridized carbons (Fsp3) is 0.556. The van der Waals surface area contributed by atoms with Gasteiger partial charge in [0.2, 0.25) is 0 Å². The molecule has 2 N–H and O–H groups in total. The van der Waals surface area contributed by atoms with E-state index in [-0.39, 0.29) is 5.69 Å². The molecule has 1 fully saturated rings. The molecule has 0 unspecified atom stereocenters. The highest BCUT2D eigenvalue weighted by Crippen LogP contribution is 2.02. The standard InChI is InChI=1S/C9H14N4O2/c10-8-1-2-11-9(14)13(8)7-12-3-5-15-6-4-12/h1-2H,3-7,10H2. The maximum absolute atomic E-state index is 11.4. The van der Waals surface area contributed by atoms with E-state index < -0.39 is 0 Å². The van der Waals surface area contributed by atoms with Crippen LogP contribution in [-0.4, -0.2) is 40.8 Å². The highest BCUT2D eigenvalue weighted by Gasteiger charge is 2.12. The summed E-state index contributed by atoms with van der Waals surface area (Å²) in [5, 5.41) is 0. The van der Waals surface area contributed by atoms with Gasteiger partial charge < -0.3 is 10.5 Å². The number of anilines is 1. The summed E-state index contributed by atoms with van der Waals surface area (Å²) >= 11 is 0. The summed E-state index contributed by atoms with van der Waals surface area (Å²) in [6.07, 6.45) is 1.42. The van der Waals surface area contributed by atoms with Crippen LogP contribution < -0.4 is 11.4 Å². The molecule has 0 amide bonds. The second-order valence-electron chi connectivity index (χ2n) is 3.45. The van der Waals surface area contributed by atoms with Gasteiger partial charge in [-0.1, -0.05) is 0 Å². The maximum atomic E-state index is 11.4. The van der Waals surface area contributed by atoms with Crippen LogP contribution in [0.3, 0.4) is 0 Å². The molecule has 0 spiro atoms. The topological polar surface area (TPSA) is 73.4 Å². The average molecular weight is 210 g/mol. The minimum absolute atomic E-state index is 0.304. The van der Waals surface area contributed by atoms with Gasteiger partial charge in [-0.15, -0.1) is 0 Å². The van der Waals surface area contributed by atoms with Crippen molar-refractivity contribution < 1.29 is 4.74 Å². The van der Waals surface area contributed by atoms with Crippen molar-refractivity contribution in [2.75, 3.05) is 32.0 Å². The van der Waals surface area contributed by atoms with Crippen molar-refractivity contribution in [3.63, 3.8) is 0 Å². The van der Waals surface area contributed by atoms with Gasteiger partial charge >= 0.3 is 5.69 Å². The van der Waals surface area contributed by atoms with E-state index in [0.717, 1.165) is 13.1 Å². The molecule has 1 aromatic heterocycles. The van der Waals surface area contributed by atoms with E-state index >= 15 is 0 Å². The van der Waals surface area contributed by atoms with Crippen molar-refractivity contribution in [2.24, 2.45) is 0 Å². The third-order valence-electron chi connectivity index (χ3n) is 2.42. The van der Waals surface area contributed by atoms with Crippen LogP contribution in [0.5, 0.6) is 0 Å². The molecule has 6 nitrogen and oxygen atoms in total. The van der Waals surface area contributed by atoms with E-state index in [9.17, 15) is 4.79 Å². The smallest absolute Gasteiger partial charge is 0.350 e. The summed E-state index contributed by atoms with van der Waals surface area (Å²) in [6, 6.07) is 1.63. The molecule has 0 saturated carbocycles. The number of nitrogens with two attached hydrogens (primary N) is 1. The Morgan fingerprint density at radius 3 is 2.87 bits per heavy atom. The van der Waals surface area contributed by atoms with Crippen LogP contribution in [0.15, 0.2) is 17.1 Å². The third-order valence-corrected chi connectivity index (χ3v) is 2.42. The van der Waals surface area contributed by atoms with Crippen LogP contribution in [0, 0.1) is 0 Å². The number of nitrogen functional groups attached to an aromatic ring is 1. The second kappa shape index (κ2) is 4.41. The van der Waals surface area contributed by atoms with Gasteiger partial charge in [-0.05, 0) is 6.07 Å². The third kappa shape index (κ3) is 2.34. The molecule has 2 rings (SSSR count). The molecule has 0 atom stereocenters. The summed E-state index contributed by atoms with van der Waals surface area (Å²) in [7, 11) is 0. The number of ether oxygens (including phenoxy) is 1. The first kappa shape index (κ1) is 10.1.